The summed E-state index contributed by atoms with van der Waals surface area (Å²) in [7, 11) is 1.11. The molecule has 0 aliphatic heterocycles. The monoisotopic (exact) mass is 1130 g/mol. The van der Waals surface area contributed by atoms with E-state index in [2.05, 4.69) is 172 Å². The number of nitrogens with zero attached hydrogens (tertiary/aromatic N) is 1. The number of allylic oxidation sites excluding steroid dienone is 26. The van der Waals surface area contributed by atoms with Crippen LogP contribution in [-0.2, 0) is 32.7 Å². The van der Waals surface area contributed by atoms with Crippen molar-refractivity contribution in [2.75, 3.05) is 47.5 Å². The van der Waals surface area contributed by atoms with E-state index < -0.39 is 32.5 Å². The largest absolute Gasteiger partial charge is 0.756 e. The average molecular weight is 1130 g/mol. The van der Waals surface area contributed by atoms with Gasteiger partial charge in [0.25, 0.3) is 7.82 Å². The molecule has 0 aromatic heterocycles. The zero-order valence-electron chi connectivity index (χ0n) is 51.2. The van der Waals surface area contributed by atoms with Gasteiger partial charge in [-0.25, -0.2) is 0 Å². The molecule has 0 spiro atoms. The molecule has 0 radical (unpaired) electrons. The second kappa shape index (κ2) is 59.3. The summed E-state index contributed by atoms with van der Waals surface area (Å²) in [5, 5.41) is 0. The van der Waals surface area contributed by atoms with Gasteiger partial charge in [0.05, 0.1) is 27.7 Å². The summed E-state index contributed by atoms with van der Waals surface area (Å²) in [5.41, 5.74) is 0. The van der Waals surface area contributed by atoms with Gasteiger partial charge >= 0.3 is 11.9 Å². The number of likely N-dealkylation sites (N-methyl/N-ethyl adjacent to an activating group) is 1. The van der Waals surface area contributed by atoms with Crippen LogP contribution in [0.5, 0.6) is 0 Å². The molecule has 0 N–H and O–H groups in total. The highest BCUT2D eigenvalue weighted by Crippen LogP contribution is 2.38. The van der Waals surface area contributed by atoms with E-state index in [4.69, 9.17) is 18.5 Å². The number of hydrogen-bond donors (Lipinski definition) is 0. The second-order valence-corrected chi connectivity index (χ2v) is 22.7. The molecule has 2 atom stereocenters. The summed E-state index contributed by atoms with van der Waals surface area (Å²) < 4.78 is 34.1. The number of carbonyl (C=O) groups is 2. The van der Waals surface area contributed by atoms with Gasteiger partial charge in [0.15, 0.2) is 6.10 Å². The summed E-state index contributed by atoms with van der Waals surface area (Å²) in [6.45, 7) is 4.04. The van der Waals surface area contributed by atoms with Crippen LogP contribution in [0, 0.1) is 0 Å². The summed E-state index contributed by atoms with van der Waals surface area (Å²) >= 11 is 0. The number of phosphoric ester groups is 1. The van der Waals surface area contributed by atoms with Crippen LogP contribution in [0.4, 0.5) is 0 Å². The van der Waals surface area contributed by atoms with Crippen LogP contribution in [0.3, 0.4) is 0 Å². The molecular formula is C70H114NO8P. The van der Waals surface area contributed by atoms with Crippen LogP contribution in [-0.4, -0.2) is 70.0 Å². The number of esters is 2. The lowest BCUT2D eigenvalue weighted by Crippen LogP contribution is -2.37. The average Bonchev–Trinajstić information content (AvgIpc) is 3.42. The van der Waals surface area contributed by atoms with E-state index in [9.17, 15) is 19.0 Å². The van der Waals surface area contributed by atoms with Crippen molar-refractivity contribution < 1.29 is 42.1 Å². The Hall–Kier alpha value is -4.37. The van der Waals surface area contributed by atoms with E-state index >= 15 is 0 Å². The molecule has 0 rings (SSSR count). The van der Waals surface area contributed by atoms with Gasteiger partial charge in [-0.2, -0.15) is 0 Å². The van der Waals surface area contributed by atoms with Gasteiger partial charge in [-0.3, -0.25) is 14.2 Å². The molecule has 9 nitrogen and oxygen atoms in total. The minimum atomic E-state index is -4.66. The van der Waals surface area contributed by atoms with Crippen molar-refractivity contribution in [3.05, 3.63) is 158 Å². The SMILES string of the molecule is CC/C=C\C/C=C\C/C=C\C/C=C\C/C=C\C/C=C\C/C=C\C/C=C\C/C=C\C/C=C\C/C=C\C/C=C\CCCCC(=O)OC(COC(=O)CCCCCCCCC/C=C\CCCCCCCC)COP(=O)([O-])OCC[N+](C)(C)C. The van der Waals surface area contributed by atoms with E-state index in [-0.39, 0.29) is 26.1 Å². The fourth-order valence-electron chi connectivity index (χ4n) is 7.75. The first-order chi connectivity index (χ1) is 39.0. The van der Waals surface area contributed by atoms with Gasteiger partial charge in [0.2, 0.25) is 0 Å². The number of carbonyl (C=O) groups excluding carboxylic acids is 2. The summed E-state index contributed by atoms with van der Waals surface area (Å²) in [6.07, 6.45) is 88.8. The van der Waals surface area contributed by atoms with Gasteiger partial charge < -0.3 is 27.9 Å². The predicted molar refractivity (Wildman–Crippen MR) is 341 cm³/mol. The standard InChI is InChI=1S/C70H114NO8P/c1-6-8-10-12-14-16-18-20-22-24-25-26-27-28-29-30-31-32-33-34-35-36-37-38-39-40-41-42-43-44-45-47-49-51-53-55-57-59-61-63-70(73)79-68(67-78-80(74,75)77-65-64-71(3,4)5)66-76-69(72)62-60-58-56-54-52-50-48-46-23-21-19-17-15-13-11-9-7-2/h8,10,14,16,20-23,25-26,28-29,31-32,34-35,37-38,40-41,43-44,47,49,53,55,68H,6-7,9,11-13,15,17-19,24,27,30,33,36,39,42,45-46,48,50-52,54,56-67H2,1-5H3/b10-8-,16-14-,22-20-,23-21-,26-25-,29-28-,32-31-,35-34-,38-37-,41-40-,44-43-,49-47-,55-53-. The fourth-order valence-corrected chi connectivity index (χ4v) is 8.48. The van der Waals surface area contributed by atoms with Gasteiger partial charge in [-0.15, -0.1) is 0 Å². The lowest BCUT2D eigenvalue weighted by Gasteiger charge is -2.28. The number of unbranched alkanes of at least 4 members (excludes halogenated alkanes) is 15. The topological polar surface area (TPSA) is 111 Å². The third-order valence-electron chi connectivity index (χ3n) is 12.5. The van der Waals surface area contributed by atoms with Crippen molar-refractivity contribution in [3.63, 3.8) is 0 Å². The maximum absolute atomic E-state index is 12.8. The van der Waals surface area contributed by atoms with Crippen molar-refractivity contribution in [1.29, 1.82) is 0 Å². The Morgan fingerprint density at radius 2 is 0.713 bits per heavy atom. The van der Waals surface area contributed by atoms with Crippen LogP contribution >= 0.6 is 7.82 Å². The zero-order valence-corrected chi connectivity index (χ0v) is 52.1. The molecule has 0 fully saturated rings. The summed E-state index contributed by atoms with van der Waals surface area (Å²) in [6, 6.07) is 0. The molecule has 0 aliphatic carbocycles. The molecule has 0 heterocycles. The van der Waals surface area contributed by atoms with Crippen LogP contribution < -0.4 is 4.89 Å². The Bertz CT molecular complexity index is 1900. The molecule has 0 aromatic carbocycles. The number of hydrogen-bond acceptors (Lipinski definition) is 8. The van der Waals surface area contributed by atoms with Crippen molar-refractivity contribution in [2.24, 2.45) is 0 Å². The molecule has 2 unspecified atom stereocenters. The molecule has 0 saturated carbocycles. The third kappa shape index (κ3) is 62.8. The van der Waals surface area contributed by atoms with Crippen LogP contribution in [0.15, 0.2) is 158 Å². The number of phosphoric acid groups is 1. The number of rotatable bonds is 55. The summed E-state index contributed by atoms with van der Waals surface area (Å²) in [5.74, 6) is -0.900. The van der Waals surface area contributed by atoms with Crippen molar-refractivity contribution in [2.45, 2.75) is 225 Å². The highest BCUT2D eigenvalue weighted by Gasteiger charge is 2.21. The van der Waals surface area contributed by atoms with E-state index in [1.165, 1.54) is 64.2 Å². The van der Waals surface area contributed by atoms with Gasteiger partial charge in [0.1, 0.15) is 19.8 Å². The Morgan fingerprint density at radius 1 is 0.400 bits per heavy atom. The Kier molecular flexibility index (Phi) is 56.0. The molecule has 80 heavy (non-hydrogen) atoms. The maximum Gasteiger partial charge on any atom is 0.306 e. The van der Waals surface area contributed by atoms with Crippen molar-refractivity contribution >= 4 is 19.8 Å². The molecule has 452 valence electrons. The number of quaternary nitrogens is 1. The van der Waals surface area contributed by atoms with Gasteiger partial charge in [-0.1, -0.05) is 236 Å². The normalized spacial score (nSPS) is 14.3. The molecule has 0 bridgehead atoms. The Balaban J connectivity index is 4.25. The zero-order chi connectivity index (χ0) is 58.4. The lowest BCUT2D eigenvalue weighted by atomic mass is 10.1. The first kappa shape index (κ1) is 75.6. The molecule has 10 heteroatoms. The van der Waals surface area contributed by atoms with E-state index in [1.54, 1.807) is 0 Å². The third-order valence-corrected chi connectivity index (χ3v) is 13.5. The second-order valence-electron chi connectivity index (χ2n) is 21.3. The first-order valence-electron chi connectivity index (χ1n) is 31.2. The minimum absolute atomic E-state index is 0.0483. The molecule has 0 amide bonds. The van der Waals surface area contributed by atoms with Crippen LogP contribution in [0.2, 0.25) is 0 Å². The Labute approximate surface area is 490 Å². The fraction of sp³-hybridized carbons (Fsp3) is 0.600. The first-order valence-corrected chi connectivity index (χ1v) is 32.7. The maximum atomic E-state index is 12.8. The highest BCUT2D eigenvalue weighted by molar-refractivity contribution is 7.45. The van der Waals surface area contributed by atoms with E-state index in [0.29, 0.717) is 23.9 Å². The quantitative estimate of drug-likeness (QED) is 0.0195. The van der Waals surface area contributed by atoms with Gasteiger partial charge in [-0.05, 0) is 128 Å². The highest BCUT2D eigenvalue weighted by atomic mass is 31.2. The number of ether oxygens (including phenoxy) is 2. The molecule has 0 saturated heterocycles. The molecular weight excluding hydrogens is 1010 g/mol. The minimum Gasteiger partial charge on any atom is -0.756 e. The predicted octanol–water partition coefficient (Wildman–Crippen LogP) is 19.4. The van der Waals surface area contributed by atoms with E-state index in [0.717, 1.165) is 116 Å². The van der Waals surface area contributed by atoms with Gasteiger partial charge in [0, 0.05) is 12.8 Å². The van der Waals surface area contributed by atoms with E-state index in [1.807, 2.05) is 21.1 Å². The van der Waals surface area contributed by atoms with Crippen LogP contribution in [0.25, 0.3) is 0 Å². The van der Waals surface area contributed by atoms with Crippen molar-refractivity contribution in [1.82, 2.24) is 0 Å². The Morgan fingerprint density at radius 3 is 1.10 bits per heavy atom. The van der Waals surface area contributed by atoms with Crippen molar-refractivity contribution in [3.8, 4) is 0 Å². The van der Waals surface area contributed by atoms with Crippen LogP contribution in [0.1, 0.15) is 219 Å². The molecule has 0 aliphatic rings. The summed E-state index contributed by atoms with van der Waals surface area (Å²) in [4.78, 5) is 37.9. The smallest absolute Gasteiger partial charge is 0.306 e. The lowest BCUT2D eigenvalue weighted by molar-refractivity contribution is -0.870. The molecule has 0 aromatic rings.